The molecule has 1 aliphatic rings. The zero-order chi connectivity index (χ0) is 33.2. The molecular weight excluding hydrogens is 632 g/mol. The molecular formula is C30H26F4N6O5S. The summed E-state index contributed by atoms with van der Waals surface area (Å²) < 4.78 is 86.9. The summed E-state index contributed by atoms with van der Waals surface area (Å²) in [5, 5.41) is 0.668. The van der Waals surface area contributed by atoms with Crippen LogP contribution in [-0.2, 0) is 25.8 Å². The Morgan fingerprint density at radius 3 is 2.35 bits per heavy atom. The molecule has 46 heavy (non-hydrogen) atoms. The van der Waals surface area contributed by atoms with Gasteiger partial charge >= 0.3 is 6.18 Å². The van der Waals surface area contributed by atoms with Gasteiger partial charge in [0.2, 0.25) is 11.8 Å². The number of allylic oxidation sites excluding steroid dienone is 1. The van der Waals surface area contributed by atoms with Crippen molar-refractivity contribution >= 4 is 44.1 Å². The van der Waals surface area contributed by atoms with Crippen LogP contribution in [0.25, 0.3) is 22.0 Å². The Bertz CT molecular complexity index is 1960. The van der Waals surface area contributed by atoms with Gasteiger partial charge in [-0.1, -0.05) is 6.07 Å². The van der Waals surface area contributed by atoms with Crippen LogP contribution in [0.2, 0.25) is 0 Å². The molecule has 2 aromatic carbocycles. The van der Waals surface area contributed by atoms with Crippen LogP contribution in [0.5, 0.6) is 5.88 Å². The number of ketones is 1. The molecule has 0 saturated carbocycles. The third-order valence-corrected chi connectivity index (χ3v) is 8.54. The minimum Gasteiger partial charge on any atom is -0.480 e. The Hall–Kier alpha value is -5.12. The minimum atomic E-state index is -4.86. The number of amides is 1. The number of halogens is 4. The molecule has 1 saturated heterocycles. The second kappa shape index (κ2) is 12.7. The lowest BCUT2D eigenvalue weighted by Crippen LogP contribution is -2.48. The van der Waals surface area contributed by atoms with E-state index in [1.54, 1.807) is 23.1 Å². The fourth-order valence-corrected chi connectivity index (χ4v) is 5.96. The van der Waals surface area contributed by atoms with E-state index in [1.165, 1.54) is 44.8 Å². The zero-order valence-electron chi connectivity index (χ0n) is 24.4. The van der Waals surface area contributed by atoms with Gasteiger partial charge in [-0.05, 0) is 55.0 Å². The molecule has 1 aliphatic heterocycles. The Labute approximate surface area is 260 Å². The number of rotatable bonds is 8. The van der Waals surface area contributed by atoms with E-state index in [0.29, 0.717) is 66.2 Å². The van der Waals surface area contributed by atoms with Crippen LogP contribution in [0.15, 0.2) is 72.0 Å². The highest BCUT2D eigenvalue weighted by Gasteiger charge is 2.33. The molecule has 0 unspecified atom stereocenters. The van der Waals surface area contributed by atoms with Crippen molar-refractivity contribution in [2.24, 2.45) is 0 Å². The number of nitrogens with zero attached hydrogens (tertiary/aromatic N) is 5. The third-order valence-electron chi connectivity index (χ3n) is 7.14. The first-order chi connectivity index (χ1) is 21.8. The maximum atomic E-state index is 14.6. The number of benzene rings is 2. The molecule has 240 valence electrons. The molecule has 0 aliphatic carbocycles. The summed E-state index contributed by atoms with van der Waals surface area (Å²) in [7, 11) is -3.46. The molecule has 11 nitrogen and oxygen atoms in total. The summed E-state index contributed by atoms with van der Waals surface area (Å²) in [5.74, 6) is -1.61. The number of hydrogen-bond acceptors (Lipinski definition) is 9. The molecule has 16 heteroatoms. The van der Waals surface area contributed by atoms with Crippen molar-refractivity contribution in [2.75, 3.05) is 42.9 Å². The van der Waals surface area contributed by atoms with Crippen molar-refractivity contribution in [2.45, 2.75) is 18.0 Å². The number of hydrogen-bond donors (Lipinski definition) is 1. The van der Waals surface area contributed by atoms with Gasteiger partial charge in [0.25, 0.3) is 10.0 Å². The van der Waals surface area contributed by atoms with Gasteiger partial charge in [0.15, 0.2) is 5.78 Å². The lowest BCUT2D eigenvalue weighted by atomic mass is 10.0. The van der Waals surface area contributed by atoms with Gasteiger partial charge in [-0.3, -0.25) is 14.3 Å². The molecule has 5 rings (SSSR count). The van der Waals surface area contributed by atoms with Crippen LogP contribution in [0.3, 0.4) is 0 Å². The molecule has 3 heterocycles. The number of aromatic nitrogens is 3. The van der Waals surface area contributed by atoms with E-state index in [1.807, 2.05) is 4.90 Å². The Balaban J connectivity index is 1.43. The Morgan fingerprint density at radius 1 is 0.957 bits per heavy atom. The van der Waals surface area contributed by atoms with Crippen LogP contribution in [-0.4, -0.2) is 73.2 Å². The number of alkyl halides is 3. The Kier molecular flexibility index (Phi) is 8.92. The van der Waals surface area contributed by atoms with E-state index >= 15 is 0 Å². The summed E-state index contributed by atoms with van der Waals surface area (Å²) in [6.07, 6.45) is 0.476. The van der Waals surface area contributed by atoms with Crippen molar-refractivity contribution in [3.8, 4) is 17.0 Å². The first-order valence-corrected chi connectivity index (χ1v) is 15.2. The monoisotopic (exact) mass is 658 g/mol. The summed E-state index contributed by atoms with van der Waals surface area (Å²) in [5.41, 5.74) is 0.126. The molecule has 4 aromatic rings. The number of nitrogens with one attached hydrogen (secondary N) is 1. The van der Waals surface area contributed by atoms with Crippen LogP contribution in [0.4, 0.5) is 29.1 Å². The number of carbonyl (C=O) groups excluding carboxylic acids is 2. The van der Waals surface area contributed by atoms with Crippen molar-refractivity contribution in [3.05, 3.63) is 78.5 Å². The van der Waals surface area contributed by atoms with Gasteiger partial charge in [-0.15, -0.1) is 0 Å². The lowest BCUT2D eigenvalue weighted by molar-refractivity contribution is -0.137. The van der Waals surface area contributed by atoms with Gasteiger partial charge in [0.1, 0.15) is 28.5 Å². The summed E-state index contributed by atoms with van der Waals surface area (Å²) in [6, 6.07) is 7.78. The minimum absolute atomic E-state index is 0.110. The number of pyridine rings is 1. The topological polar surface area (TPSA) is 135 Å². The number of fused-ring (bicyclic) bond motifs is 1. The predicted octanol–water partition coefficient (Wildman–Crippen LogP) is 4.45. The maximum absolute atomic E-state index is 14.6. The number of anilines is 2. The van der Waals surface area contributed by atoms with Gasteiger partial charge in [-0.25, -0.2) is 27.8 Å². The molecule has 0 spiro atoms. The SMILES string of the molecule is COc1ncc(-c2ccc3ncnc(N4CCN(C(=O)/C=C/C(C)=O)CC4)c3c2)cc1NS(=O)(=O)c1ccc(C(F)(F)F)cc1F. The molecule has 0 radical (unpaired) electrons. The summed E-state index contributed by atoms with van der Waals surface area (Å²) >= 11 is 0. The number of methoxy groups -OCH3 is 1. The summed E-state index contributed by atoms with van der Waals surface area (Å²) in [6.45, 7) is 3.09. The quantitative estimate of drug-likeness (QED) is 0.215. The first kappa shape index (κ1) is 32.3. The predicted molar refractivity (Wildman–Crippen MR) is 160 cm³/mol. The average Bonchev–Trinajstić information content (AvgIpc) is 3.02. The third kappa shape index (κ3) is 6.91. The first-order valence-electron chi connectivity index (χ1n) is 13.7. The van der Waals surface area contributed by atoms with Gasteiger partial charge < -0.3 is 14.5 Å². The fraction of sp³-hybridized carbons (Fsp3) is 0.233. The van der Waals surface area contributed by atoms with Crippen molar-refractivity contribution in [1.82, 2.24) is 19.9 Å². The second-order valence-electron chi connectivity index (χ2n) is 10.2. The van der Waals surface area contributed by atoms with Crippen molar-refractivity contribution in [3.63, 3.8) is 0 Å². The van der Waals surface area contributed by atoms with Crippen molar-refractivity contribution < 1.29 is 40.3 Å². The normalized spacial score (nSPS) is 14.1. The van der Waals surface area contributed by atoms with Gasteiger partial charge in [-0.2, -0.15) is 13.2 Å². The second-order valence-corrected chi connectivity index (χ2v) is 11.9. The summed E-state index contributed by atoms with van der Waals surface area (Å²) in [4.78, 5) is 39.2. The zero-order valence-corrected chi connectivity index (χ0v) is 25.2. The number of ether oxygens (including phenoxy) is 1. The molecule has 0 bridgehead atoms. The highest BCUT2D eigenvalue weighted by Crippen LogP contribution is 2.35. The van der Waals surface area contributed by atoms with Crippen molar-refractivity contribution in [1.29, 1.82) is 0 Å². The molecule has 1 N–H and O–H groups in total. The van der Waals surface area contributed by atoms with Gasteiger partial charge in [0.05, 0.1) is 18.2 Å². The highest BCUT2D eigenvalue weighted by molar-refractivity contribution is 7.92. The number of sulfonamides is 1. The lowest BCUT2D eigenvalue weighted by Gasteiger charge is -2.35. The Morgan fingerprint density at radius 2 is 1.70 bits per heavy atom. The maximum Gasteiger partial charge on any atom is 0.416 e. The number of carbonyl (C=O) groups is 2. The highest BCUT2D eigenvalue weighted by atomic mass is 32.2. The molecule has 1 amide bonds. The van der Waals surface area contributed by atoms with E-state index in [0.717, 1.165) is 0 Å². The molecule has 1 fully saturated rings. The smallest absolute Gasteiger partial charge is 0.416 e. The fourth-order valence-electron chi connectivity index (χ4n) is 4.85. The van der Waals surface area contributed by atoms with E-state index in [-0.39, 0.29) is 29.3 Å². The van der Waals surface area contributed by atoms with Crippen LogP contribution >= 0.6 is 0 Å². The average molecular weight is 659 g/mol. The molecule has 2 aromatic heterocycles. The number of piperazine rings is 1. The largest absolute Gasteiger partial charge is 0.480 e. The van der Waals surface area contributed by atoms with E-state index in [9.17, 15) is 35.6 Å². The van der Waals surface area contributed by atoms with Crippen LogP contribution in [0.1, 0.15) is 12.5 Å². The van der Waals surface area contributed by atoms with E-state index < -0.39 is 32.5 Å². The van der Waals surface area contributed by atoms with Gasteiger partial charge in [0, 0.05) is 49.4 Å². The standard InChI is InChI=1S/C30H26F4N6O5S/c1-18(41)3-8-27(42)39-9-11-40(12-10-39)28-22-13-19(4-6-24(22)36-17-37-28)20-14-25(29(45-2)35-16-20)38-46(43,44)26-7-5-21(15-23(26)31)30(32,33)34/h3-8,13-17,38H,9-12H2,1-2H3/b8-3+. The van der Waals surface area contributed by atoms with Crippen LogP contribution in [0, 0.1) is 5.82 Å². The van der Waals surface area contributed by atoms with E-state index in [4.69, 9.17) is 4.74 Å². The molecule has 0 atom stereocenters. The van der Waals surface area contributed by atoms with E-state index in [2.05, 4.69) is 19.7 Å². The van der Waals surface area contributed by atoms with Crippen LogP contribution < -0.4 is 14.4 Å².